The van der Waals surface area contributed by atoms with Gasteiger partial charge in [-0.25, -0.2) is 4.79 Å². The number of fused-ring (bicyclic) bond motifs is 2. The summed E-state index contributed by atoms with van der Waals surface area (Å²) in [5, 5.41) is 10.3. The van der Waals surface area contributed by atoms with E-state index < -0.39 is 0 Å². The van der Waals surface area contributed by atoms with Gasteiger partial charge in [0.05, 0.1) is 0 Å². The summed E-state index contributed by atoms with van der Waals surface area (Å²) in [6.07, 6.45) is 5.64. The van der Waals surface area contributed by atoms with Crippen LogP contribution in [0.3, 0.4) is 0 Å². The minimum Gasteiger partial charge on any atom is -0.335 e. The zero-order valence-corrected chi connectivity index (χ0v) is 16.7. The van der Waals surface area contributed by atoms with Gasteiger partial charge in [0.15, 0.2) is 0 Å². The molecule has 3 atom stereocenters. The van der Waals surface area contributed by atoms with Crippen LogP contribution in [0, 0.1) is 16.7 Å². The van der Waals surface area contributed by atoms with E-state index in [1.165, 1.54) is 12.8 Å². The molecule has 4 heteroatoms. The number of piperidine rings is 1. The third kappa shape index (κ3) is 2.95. The van der Waals surface area contributed by atoms with Crippen LogP contribution >= 0.6 is 0 Å². The molecule has 24 heavy (non-hydrogen) atoms. The maximum Gasteiger partial charge on any atom is 0.315 e. The fourth-order valence-electron chi connectivity index (χ4n) is 6.23. The summed E-state index contributed by atoms with van der Waals surface area (Å²) in [5.41, 5.74) is 0.686. The summed E-state index contributed by atoms with van der Waals surface area (Å²) in [5.74, 6) is 0.754. The number of urea groups is 1. The van der Waals surface area contributed by atoms with Gasteiger partial charge in [-0.1, -0.05) is 20.8 Å². The molecule has 1 heterocycles. The third-order valence-corrected chi connectivity index (χ3v) is 7.62. The van der Waals surface area contributed by atoms with Gasteiger partial charge in [0.25, 0.3) is 0 Å². The number of rotatable bonds is 2. The normalized spacial score (nSPS) is 39.6. The fourth-order valence-corrected chi connectivity index (χ4v) is 6.23. The Kier molecular flexibility index (Phi) is 4.03. The Balaban J connectivity index is 1.61. The first-order valence-corrected chi connectivity index (χ1v) is 9.71. The van der Waals surface area contributed by atoms with Gasteiger partial charge in [-0.3, -0.25) is 0 Å². The second-order valence-electron chi connectivity index (χ2n) is 10.8. The first kappa shape index (κ1) is 18.0. The molecule has 138 valence electrons. The van der Waals surface area contributed by atoms with Crippen LogP contribution in [-0.2, 0) is 0 Å². The Morgan fingerprint density at radius 3 is 2.00 bits per heavy atom. The molecule has 4 nitrogen and oxygen atoms in total. The van der Waals surface area contributed by atoms with Crippen LogP contribution in [0.15, 0.2) is 0 Å². The second kappa shape index (κ2) is 5.36. The SMILES string of the molecule is CC1(C)CC(NC(=O)N[C@@H]2C[C@H]3CC[C@@]2(C)C3(C)C)CC(C)(C)N1. The molecule has 2 saturated carbocycles. The molecule has 0 spiro atoms. The number of carbonyl (C=O) groups is 1. The predicted octanol–water partition coefficient (Wildman–Crippen LogP) is 3.81. The second-order valence-corrected chi connectivity index (χ2v) is 10.8. The maximum absolute atomic E-state index is 12.7. The van der Waals surface area contributed by atoms with E-state index in [2.05, 4.69) is 64.4 Å². The first-order valence-electron chi connectivity index (χ1n) is 9.71. The lowest BCUT2D eigenvalue weighted by Gasteiger charge is -2.46. The van der Waals surface area contributed by atoms with E-state index in [0.717, 1.165) is 25.2 Å². The molecule has 2 aliphatic carbocycles. The van der Waals surface area contributed by atoms with Crippen LogP contribution < -0.4 is 16.0 Å². The van der Waals surface area contributed by atoms with Crippen LogP contribution in [0.4, 0.5) is 4.79 Å². The molecule has 3 fully saturated rings. The lowest BCUT2D eigenvalue weighted by Crippen LogP contribution is -2.63. The van der Waals surface area contributed by atoms with Crippen molar-refractivity contribution in [3.05, 3.63) is 0 Å². The summed E-state index contributed by atoms with van der Waals surface area (Å²) >= 11 is 0. The third-order valence-electron chi connectivity index (χ3n) is 7.62. The highest BCUT2D eigenvalue weighted by Crippen LogP contribution is 2.65. The van der Waals surface area contributed by atoms with Crippen LogP contribution in [0.2, 0.25) is 0 Å². The lowest BCUT2D eigenvalue weighted by atomic mass is 9.69. The Bertz CT molecular complexity index is 509. The van der Waals surface area contributed by atoms with E-state index in [0.29, 0.717) is 11.5 Å². The van der Waals surface area contributed by atoms with Crippen molar-refractivity contribution in [2.24, 2.45) is 16.7 Å². The van der Waals surface area contributed by atoms with Gasteiger partial charge in [-0.05, 0) is 76.5 Å². The number of carbonyl (C=O) groups excluding carboxylic acids is 1. The van der Waals surface area contributed by atoms with E-state index in [4.69, 9.17) is 0 Å². The van der Waals surface area contributed by atoms with Crippen molar-refractivity contribution in [2.45, 2.75) is 104 Å². The molecule has 0 aromatic rings. The lowest BCUT2D eigenvalue weighted by molar-refractivity contribution is 0.119. The minimum atomic E-state index is 0.0306. The van der Waals surface area contributed by atoms with Crippen molar-refractivity contribution in [3.8, 4) is 0 Å². The molecule has 0 aromatic heterocycles. The quantitative estimate of drug-likeness (QED) is 0.719. The van der Waals surface area contributed by atoms with Crippen molar-refractivity contribution < 1.29 is 4.79 Å². The van der Waals surface area contributed by atoms with Crippen molar-refractivity contribution in [1.29, 1.82) is 0 Å². The molecular weight excluding hydrogens is 298 g/mol. The summed E-state index contributed by atoms with van der Waals surface area (Å²) in [7, 11) is 0. The Hall–Kier alpha value is -0.770. The van der Waals surface area contributed by atoms with Crippen molar-refractivity contribution in [2.75, 3.05) is 0 Å². The average Bonchev–Trinajstić information content (AvgIpc) is 2.67. The Morgan fingerprint density at radius 1 is 0.958 bits per heavy atom. The highest BCUT2D eigenvalue weighted by atomic mass is 16.2. The number of nitrogens with one attached hydrogen (secondary N) is 3. The van der Waals surface area contributed by atoms with Gasteiger partial charge >= 0.3 is 6.03 Å². The van der Waals surface area contributed by atoms with E-state index in [-0.39, 0.29) is 28.6 Å². The predicted molar refractivity (Wildman–Crippen MR) is 99.0 cm³/mol. The molecule has 0 radical (unpaired) electrons. The van der Waals surface area contributed by atoms with E-state index in [1.54, 1.807) is 0 Å². The van der Waals surface area contributed by atoms with E-state index in [1.807, 2.05) is 0 Å². The molecule has 1 saturated heterocycles. The summed E-state index contributed by atoms with van der Waals surface area (Å²) in [6, 6.07) is 0.577. The number of hydrogen-bond donors (Lipinski definition) is 3. The first-order chi connectivity index (χ1) is 10.8. The molecule has 3 rings (SSSR count). The summed E-state index contributed by atoms with van der Waals surface area (Å²) in [4.78, 5) is 12.7. The molecule has 3 aliphatic rings. The zero-order valence-electron chi connectivity index (χ0n) is 16.7. The smallest absolute Gasteiger partial charge is 0.315 e. The standard InChI is InChI=1S/C20H37N3O/c1-17(2)11-14(12-18(3,4)23-17)21-16(24)22-15-10-13-8-9-20(15,7)19(13,5)6/h13-15,23H,8-12H2,1-7H3,(H2,21,22,24)/t13-,15-,20-/m1/s1. The number of amides is 2. The van der Waals surface area contributed by atoms with Gasteiger partial charge in [0.1, 0.15) is 0 Å². The van der Waals surface area contributed by atoms with Crippen LogP contribution in [0.1, 0.15) is 80.6 Å². The molecular formula is C20H37N3O. The number of hydrogen-bond acceptors (Lipinski definition) is 2. The average molecular weight is 336 g/mol. The minimum absolute atomic E-state index is 0.0306. The van der Waals surface area contributed by atoms with Crippen molar-refractivity contribution >= 4 is 6.03 Å². The van der Waals surface area contributed by atoms with Gasteiger partial charge in [0.2, 0.25) is 0 Å². The Labute approximate surface area is 147 Å². The van der Waals surface area contributed by atoms with Gasteiger partial charge in [0, 0.05) is 23.2 Å². The molecule has 0 unspecified atom stereocenters. The van der Waals surface area contributed by atoms with Gasteiger partial charge in [-0.15, -0.1) is 0 Å². The van der Waals surface area contributed by atoms with Crippen LogP contribution in [0.5, 0.6) is 0 Å². The topological polar surface area (TPSA) is 53.2 Å². The zero-order chi connectivity index (χ0) is 18.0. The van der Waals surface area contributed by atoms with Crippen LogP contribution in [-0.4, -0.2) is 29.2 Å². The molecule has 2 amide bonds. The molecule has 1 aliphatic heterocycles. The largest absolute Gasteiger partial charge is 0.335 e. The highest BCUT2D eigenvalue weighted by Gasteiger charge is 2.61. The molecule has 0 aromatic carbocycles. The van der Waals surface area contributed by atoms with Gasteiger partial charge in [-0.2, -0.15) is 0 Å². The van der Waals surface area contributed by atoms with E-state index in [9.17, 15) is 4.79 Å². The summed E-state index contributed by atoms with van der Waals surface area (Å²) in [6.45, 7) is 16.0. The van der Waals surface area contributed by atoms with E-state index >= 15 is 0 Å². The fraction of sp³-hybridized carbons (Fsp3) is 0.950. The monoisotopic (exact) mass is 335 g/mol. The van der Waals surface area contributed by atoms with Crippen molar-refractivity contribution in [1.82, 2.24) is 16.0 Å². The molecule has 3 N–H and O–H groups in total. The summed E-state index contributed by atoms with van der Waals surface area (Å²) < 4.78 is 0. The highest BCUT2D eigenvalue weighted by molar-refractivity contribution is 5.75. The molecule has 2 bridgehead atoms. The van der Waals surface area contributed by atoms with Gasteiger partial charge < -0.3 is 16.0 Å². The Morgan fingerprint density at radius 2 is 1.54 bits per heavy atom. The van der Waals surface area contributed by atoms with Crippen molar-refractivity contribution in [3.63, 3.8) is 0 Å². The maximum atomic E-state index is 12.7. The van der Waals surface area contributed by atoms with Crippen LogP contribution in [0.25, 0.3) is 0 Å².